The molecule has 21 heavy (non-hydrogen) atoms. The average molecular weight is 304 g/mol. The van der Waals surface area contributed by atoms with Crippen molar-refractivity contribution in [2.24, 2.45) is 0 Å². The van der Waals surface area contributed by atoms with Crippen molar-refractivity contribution < 1.29 is 9.59 Å². The van der Waals surface area contributed by atoms with E-state index in [0.717, 1.165) is 10.7 Å². The van der Waals surface area contributed by atoms with Crippen molar-refractivity contribution in [3.63, 3.8) is 0 Å². The lowest BCUT2D eigenvalue weighted by atomic mass is 10.3. The van der Waals surface area contributed by atoms with E-state index in [2.05, 4.69) is 26.0 Å². The van der Waals surface area contributed by atoms with Crippen LogP contribution in [-0.4, -0.2) is 31.4 Å². The molecular weight excluding hydrogens is 292 g/mol. The number of rotatable bonds is 3. The Morgan fingerprint density at radius 3 is 3.00 bits per heavy atom. The Bertz CT molecular complexity index is 773. The summed E-state index contributed by atoms with van der Waals surface area (Å²) in [5.41, 5.74) is 6.40. The highest BCUT2D eigenvalue weighted by Crippen LogP contribution is 2.10. The van der Waals surface area contributed by atoms with Gasteiger partial charge in [0.2, 0.25) is 5.91 Å². The van der Waals surface area contributed by atoms with Gasteiger partial charge in [-0.2, -0.15) is 5.10 Å². The van der Waals surface area contributed by atoms with Gasteiger partial charge in [0.25, 0.3) is 5.91 Å². The van der Waals surface area contributed by atoms with Crippen LogP contribution in [0.1, 0.15) is 21.9 Å². The van der Waals surface area contributed by atoms with Gasteiger partial charge in [-0.05, 0) is 13.0 Å². The number of hydrogen-bond acceptors (Lipinski definition) is 5. The van der Waals surface area contributed by atoms with Crippen molar-refractivity contribution in [1.29, 1.82) is 0 Å². The Morgan fingerprint density at radius 1 is 1.43 bits per heavy atom. The van der Waals surface area contributed by atoms with E-state index in [-0.39, 0.29) is 18.0 Å². The summed E-state index contributed by atoms with van der Waals surface area (Å²) in [6.07, 6.45) is 3.50. The first-order valence-electron chi connectivity index (χ1n) is 6.14. The molecule has 8 nitrogen and oxygen atoms in total. The highest BCUT2D eigenvalue weighted by atomic mass is 32.1. The zero-order valence-corrected chi connectivity index (χ0v) is 11.9. The summed E-state index contributed by atoms with van der Waals surface area (Å²) in [4.78, 5) is 28.4. The van der Waals surface area contributed by atoms with Crippen molar-refractivity contribution in [3.05, 3.63) is 40.9 Å². The van der Waals surface area contributed by atoms with E-state index in [9.17, 15) is 9.59 Å². The van der Waals surface area contributed by atoms with E-state index in [1.54, 1.807) is 16.7 Å². The molecule has 0 spiro atoms. The van der Waals surface area contributed by atoms with Gasteiger partial charge in [0, 0.05) is 23.5 Å². The molecule has 0 unspecified atom stereocenters. The summed E-state index contributed by atoms with van der Waals surface area (Å²) in [5, 5.41) is 8.57. The fourth-order valence-electron chi connectivity index (χ4n) is 1.80. The number of nitrogens with one attached hydrogen (secondary N) is 3. The van der Waals surface area contributed by atoms with Crippen LogP contribution in [0.3, 0.4) is 0 Å². The topological polar surface area (TPSA) is 104 Å². The van der Waals surface area contributed by atoms with Gasteiger partial charge in [0.05, 0.1) is 12.1 Å². The predicted molar refractivity (Wildman–Crippen MR) is 75.7 cm³/mol. The van der Waals surface area contributed by atoms with Crippen molar-refractivity contribution in [3.8, 4) is 0 Å². The lowest BCUT2D eigenvalue weighted by Crippen LogP contribution is -2.42. The van der Waals surface area contributed by atoms with Crippen molar-refractivity contribution in [2.75, 3.05) is 0 Å². The summed E-state index contributed by atoms with van der Waals surface area (Å²) in [5.74, 6) is -0.812. The number of H-pyrrole nitrogens is 1. The van der Waals surface area contributed by atoms with Gasteiger partial charge in [0.1, 0.15) is 5.69 Å². The molecule has 0 radical (unpaired) electrons. The molecule has 3 N–H and O–H groups in total. The molecule has 9 heteroatoms. The number of carbonyl (C=O) groups is 2. The van der Waals surface area contributed by atoms with Gasteiger partial charge in [0.15, 0.2) is 4.96 Å². The Labute approximate surface area is 123 Å². The van der Waals surface area contributed by atoms with Crippen LogP contribution in [0.15, 0.2) is 23.8 Å². The number of aryl methyl sites for hydroxylation is 1. The summed E-state index contributed by atoms with van der Waals surface area (Å²) in [7, 11) is 0. The first-order valence-corrected chi connectivity index (χ1v) is 7.02. The van der Waals surface area contributed by atoms with Crippen LogP contribution in [-0.2, 0) is 11.2 Å². The molecule has 2 amide bonds. The molecule has 0 fully saturated rings. The molecular formula is C12H12N6O2S. The fraction of sp³-hybridized carbons (Fsp3) is 0.167. The largest absolute Gasteiger partial charge is 0.297 e. The van der Waals surface area contributed by atoms with Crippen LogP contribution in [0, 0.1) is 6.92 Å². The molecule has 3 aromatic heterocycles. The minimum Gasteiger partial charge on any atom is -0.297 e. The molecule has 108 valence electrons. The number of fused-ring (bicyclic) bond motifs is 1. The molecule has 0 aromatic carbocycles. The normalized spacial score (nSPS) is 10.7. The van der Waals surface area contributed by atoms with E-state index in [0.29, 0.717) is 5.69 Å². The number of hydrogen-bond donors (Lipinski definition) is 3. The zero-order chi connectivity index (χ0) is 14.8. The quantitative estimate of drug-likeness (QED) is 0.610. The Morgan fingerprint density at radius 2 is 2.29 bits per heavy atom. The second-order valence-corrected chi connectivity index (χ2v) is 5.31. The molecule has 3 aromatic rings. The van der Waals surface area contributed by atoms with Gasteiger partial charge in [-0.25, -0.2) is 4.98 Å². The zero-order valence-electron chi connectivity index (χ0n) is 11.1. The molecule has 0 aliphatic rings. The van der Waals surface area contributed by atoms with E-state index in [1.165, 1.54) is 11.3 Å². The van der Waals surface area contributed by atoms with Crippen molar-refractivity contribution >= 4 is 28.1 Å². The Kier molecular flexibility index (Phi) is 3.40. The highest BCUT2D eigenvalue weighted by Gasteiger charge is 2.13. The number of thiazole rings is 1. The average Bonchev–Trinajstić information content (AvgIpc) is 3.11. The van der Waals surface area contributed by atoms with Gasteiger partial charge < -0.3 is 0 Å². The molecule has 3 heterocycles. The second kappa shape index (κ2) is 5.37. The van der Waals surface area contributed by atoms with Gasteiger partial charge in [-0.1, -0.05) is 0 Å². The van der Waals surface area contributed by atoms with E-state index in [1.807, 2.05) is 18.5 Å². The third-order valence-electron chi connectivity index (χ3n) is 2.74. The van der Waals surface area contributed by atoms with Crippen LogP contribution in [0.25, 0.3) is 4.96 Å². The molecule has 0 saturated carbocycles. The Hall–Kier alpha value is -2.68. The summed E-state index contributed by atoms with van der Waals surface area (Å²) < 4.78 is 1.74. The SMILES string of the molecule is Cc1cc(CC(=O)NNC(=O)c2cn3ccsc3n2)n[nH]1. The van der Waals surface area contributed by atoms with Crippen molar-refractivity contribution in [2.45, 2.75) is 13.3 Å². The number of amides is 2. The van der Waals surface area contributed by atoms with Gasteiger partial charge >= 0.3 is 0 Å². The van der Waals surface area contributed by atoms with Crippen LogP contribution in [0.4, 0.5) is 0 Å². The predicted octanol–water partition coefficient (Wildman–Crippen LogP) is 0.431. The van der Waals surface area contributed by atoms with E-state index < -0.39 is 5.91 Å². The molecule has 0 atom stereocenters. The third kappa shape index (κ3) is 2.92. The number of imidazole rings is 1. The first-order chi connectivity index (χ1) is 10.1. The maximum atomic E-state index is 11.9. The van der Waals surface area contributed by atoms with Crippen LogP contribution >= 0.6 is 11.3 Å². The van der Waals surface area contributed by atoms with Crippen molar-refractivity contribution in [1.82, 2.24) is 30.4 Å². The summed E-state index contributed by atoms with van der Waals surface area (Å²) >= 11 is 1.43. The number of carbonyl (C=O) groups excluding carboxylic acids is 2. The Balaban J connectivity index is 1.55. The highest BCUT2D eigenvalue weighted by molar-refractivity contribution is 7.15. The molecule has 0 saturated heterocycles. The van der Waals surface area contributed by atoms with Gasteiger partial charge in [-0.3, -0.25) is 29.9 Å². The minimum atomic E-state index is -0.461. The molecule has 0 aliphatic heterocycles. The summed E-state index contributed by atoms with van der Waals surface area (Å²) in [6.45, 7) is 1.85. The first kappa shape index (κ1) is 13.3. The summed E-state index contributed by atoms with van der Waals surface area (Å²) in [6, 6.07) is 1.77. The lowest BCUT2D eigenvalue weighted by Gasteiger charge is -2.04. The second-order valence-electron chi connectivity index (χ2n) is 4.44. The van der Waals surface area contributed by atoms with Crippen LogP contribution in [0.5, 0.6) is 0 Å². The maximum absolute atomic E-state index is 11.9. The molecule has 0 bridgehead atoms. The smallest absolute Gasteiger partial charge is 0.289 e. The van der Waals surface area contributed by atoms with Crippen LogP contribution < -0.4 is 10.9 Å². The number of aromatic nitrogens is 4. The third-order valence-corrected chi connectivity index (χ3v) is 3.51. The van der Waals surface area contributed by atoms with E-state index in [4.69, 9.17) is 0 Å². The lowest BCUT2D eigenvalue weighted by molar-refractivity contribution is -0.121. The van der Waals surface area contributed by atoms with Gasteiger partial charge in [-0.15, -0.1) is 11.3 Å². The fourth-order valence-corrected chi connectivity index (χ4v) is 2.50. The number of nitrogens with zero attached hydrogens (tertiary/aromatic N) is 3. The standard InChI is InChI=1S/C12H12N6O2S/c1-7-4-8(15-14-7)5-10(19)16-17-11(20)9-6-18-2-3-21-12(18)13-9/h2-4,6H,5H2,1H3,(H,14,15)(H,16,19)(H,17,20). The van der Waals surface area contributed by atoms with Crippen LogP contribution in [0.2, 0.25) is 0 Å². The molecule has 0 aliphatic carbocycles. The number of aromatic amines is 1. The maximum Gasteiger partial charge on any atom is 0.289 e. The number of hydrazine groups is 1. The monoisotopic (exact) mass is 304 g/mol. The van der Waals surface area contributed by atoms with E-state index >= 15 is 0 Å². The molecule has 3 rings (SSSR count). The minimum absolute atomic E-state index is 0.0862.